The van der Waals surface area contributed by atoms with E-state index < -0.39 is 0 Å². The summed E-state index contributed by atoms with van der Waals surface area (Å²) in [5.74, 6) is 0.412. The third kappa shape index (κ3) is 2.67. The van der Waals surface area contributed by atoms with Gasteiger partial charge in [0.2, 0.25) is 0 Å². The van der Waals surface area contributed by atoms with E-state index >= 15 is 0 Å². The molecule has 4 rings (SSSR count). The summed E-state index contributed by atoms with van der Waals surface area (Å²) in [5.41, 5.74) is 1.23. The number of carbonyl (C=O) groups is 1. The second-order valence-corrected chi connectivity index (χ2v) is 7.45. The fraction of sp³-hybridized carbons (Fsp3) is 0.611. The maximum atomic E-state index is 13.1. The molecule has 4 nitrogen and oxygen atoms in total. The fourth-order valence-electron chi connectivity index (χ4n) is 4.64. The standard InChI is InChI=1S/C18H23ClN2O2/c1-20-14-7-8-16(20)17(18(22)21-9-2-10-23-21)15(11-14)12-3-5-13(19)6-4-12/h3-6,14-17H,2,7-11H2,1H3. The van der Waals surface area contributed by atoms with Crippen LogP contribution in [0.1, 0.15) is 37.2 Å². The molecule has 4 unspecified atom stereocenters. The number of hydrogen-bond acceptors (Lipinski definition) is 3. The predicted molar refractivity (Wildman–Crippen MR) is 89.2 cm³/mol. The van der Waals surface area contributed by atoms with Crippen molar-refractivity contribution in [2.45, 2.75) is 43.7 Å². The first kappa shape index (κ1) is 15.4. The zero-order valence-electron chi connectivity index (χ0n) is 13.5. The van der Waals surface area contributed by atoms with Gasteiger partial charge in [0.1, 0.15) is 0 Å². The number of amides is 1. The average molecular weight is 335 g/mol. The maximum Gasteiger partial charge on any atom is 0.251 e. The van der Waals surface area contributed by atoms with Gasteiger partial charge >= 0.3 is 0 Å². The van der Waals surface area contributed by atoms with E-state index in [2.05, 4.69) is 24.1 Å². The number of carbonyl (C=O) groups excluding carboxylic acids is 1. The monoisotopic (exact) mass is 334 g/mol. The Balaban J connectivity index is 1.67. The number of hydrogen-bond donors (Lipinski definition) is 0. The summed E-state index contributed by atoms with van der Waals surface area (Å²) < 4.78 is 0. The average Bonchev–Trinajstić information content (AvgIpc) is 3.15. The quantitative estimate of drug-likeness (QED) is 0.833. The molecule has 2 bridgehead atoms. The summed E-state index contributed by atoms with van der Waals surface area (Å²) in [7, 11) is 2.17. The van der Waals surface area contributed by atoms with Crippen LogP contribution in [0.3, 0.4) is 0 Å². The fourth-order valence-corrected chi connectivity index (χ4v) is 4.77. The van der Waals surface area contributed by atoms with Crippen LogP contribution in [0, 0.1) is 5.92 Å². The van der Waals surface area contributed by atoms with Gasteiger partial charge in [-0.15, -0.1) is 0 Å². The number of fused-ring (bicyclic) bond motifs is 2. The molecule has 0 saturated carbocycles. The number of piperidine rings is 1. The van der Waals surface area contributed by atoms with Crippen molar-refractivity contribution in [3.8, 4) is 0 Å². The minimum absolute atomic E-state index is 0.0157. The van der Waals surface area contributed by atoms with Crippen LogP contribution in [-0.2, 0) is 9.63 Å². The molecule has 0 radical (unpaired) electrons. The summed E-state index contributed by atoms with van der Waals surface area (Å²) in [6, 6.07) is 8.96. The van der Waals surface area contributed by atoms with Crippen LogP contribution in [0.4, 0.5) is 0 Å². The number of benzene rings is 1. The molecule has 0 aliphatic carbocycles. The Morgan fingerprint density at radius 2 is 2.04 bits per heavy atom. The maximum absolute atomic E-state index is 13.1. The highest BCUT2D eigenvalue weighted by atomic mass is 35.5. The van der Waals surface area contributed by atoms with Crippen molar-refractivity contribution in [2.75, 3.05) is 20.2 Å². The van der Waals surface area contributed by atoms with Gasteiger partial charge in [-0.3, -0.25) is 14.5 Å². The molecule has 3 heterocycles. The molecule has 0 spiro atoms. The van der Waals surface area contributed by atoms with Gasteiger partial charge in [0.25, 0.3) is 5.91 Å². The normalized spacial score (nSPS) is 34.1. The molecule has 23 heavy (non-hydrogen) atoms. The van der Waals surface area contributed by atoms with Gasteiger partial charge in [0, 0.05) is 17.1 Å². The Morgan fingerprint density at radius 1 is 1.26 bits per heavy atom. The SMILES string of the molecule is CN1C2CCC1C(C(=O)N1CCCO1)C(c1ccc(Cl)cc1)C2. The Labute approximate surface area is 142 Å². The highest BCUT2D eigenvalue weighted by Crippen LogP contribution is 2.47. The van der Waals surface area contributed by atoms with Gasteiger partial charge in [0.05, 0.1) is 19.1 Å². The van der Waals surface area contributed by atoms with Gasteiger partial charge < -0.3 is 0 Å². The highest BCUT2D eigenvalue weighted by Gasteiger charge is 2.50. The molecule has 3 saturated heterocycles. The summed E-state index contributed by atoms with van der Waals surface area (Å²) in [6.45, 7) is 1.38. The van der Waals surface area contributed by atoms with E-state index in [1.165, 1.54) is 12.0 Å². The number of nitrogens with zero attached hydrogens (tertiary/aromatic N) is 2. The van der Waals surface area contributed by atoms with Crippen LogP contribution in [0.25, 0.3) is 0 Å². The van der Waals surface area contributed by atoms with Crippen molar-refractivity contribution in [3.05, 3.63) is 34.9 Å². The number of rotatable bonds is 2. The first-order chi connectivity index (χ1) is 11.1. The Kier molecular flexibility index (Phi) is 4.08. The summed E-state index contributed by atoms with van der Waals surface area (Å²) in [5, 5.41) is 2.36. The van der Waals surface area contributed by atoms with Crippen molar-refractivity contribution in [1.82, 2.24) is 9.96 Å². The molecule has 3 fully saturated rings. The lowest BCUT2D eigenvalue weighted by molar-refractivity contribution is -0.177. The summed E-state index contributed by atoms with van der Waals surface area (Å²) in [4.78, 5) is 21.1. The predicted octanol–water partition coefficient (Wildman–Crippen LogP) is 3.07. The molecule has 124 valence electrons. The van der Waals surface area contributed by atoms with Gasteiger partial charge in [-0.25, -0.2) is 5.06 Å². The largest absolute Gasteiger partial charge is 0.300 e. The molecule has 0 aromatic heterocycles. The molecule has 5 heteroatoms. The third-order valence-electron chi connectivity index (χ3n) is 5.85. The molecule has 4 atom stereocenters. The van der Waals surface area contributed by atoms with Gasteiger partial charge in [0.15, 0.2) is 0 Å². The lowest BCUT2D eigenvalue weighted by Gasteiger charge is -2.43. The van der Waals surface area contributed by atoms with Crippen molar-refractivity contribution < 1.29 is 9.63 Å². The van der Waals surface area contributed by atoms with Crippen molar-refractivity contribution in [2.24, 2.45) is 5.92 Å². The van der Waals surface area contributed by atoms with Gasteiger partial charge in [-0.1, -0.05) is 23.7 Å². The van der Waals surface area contributed by atoms with Crippen molar-refractivity contribution in [3.63, 3.8) is 0 Å². The Morgan fingerprint density at radius 3 is 2.74 bits per heavy atom. The zero-order chi connectivity index (χ0) is 16.0. The van der Waals surface area contributed by atoms with Gasteiger partial charge in [-0.05, 0) is 56.3 Å². The zero-order valence-corrected chi connectivity index (χ0v) is 14.2. The van der Waals surface area contributed by atoms with E-state index in [-0.39, 0.29) is 17.7 Å². The lowest BCUT2D eigenvalue weighted by atomic mass is 9.75. The molecular weight excluding hydrogens is 312 g/mol. The van der Waals surface area contributed by atoms with E-state index in [0.717, 1.165) is 30.8 Å². The van der Waals surface area contributed by atoms with Crippen LogP contribution in [-0.4, -0.2) is 48.2 Å². The minimum Gasteiger partial charge on any atom is -0.300 e. The minimum atomic E-state index is -0.0157. The first-order valence-corrected chi connectivity index (χ1v) is 8.94. The topological polar surface area (TPSA) is 32.8 Å². The second-order valence-electron chi connectivity index (χ2n) is 7.01. The molecule has 1 aromatic carbocycles. The van der Waals surface area contributed by atoms with E-state index in [9.17, 15) is 4.79 Å². The second kappa shape index (κ2) is 6.08. The highest BCUT2D eigenvalue weighted by molar-refractivity contribution is 6.30. The number of halogens is 1. The van der Waals surface area contributed by atoms with Crippen molar-refractivity contribution in [1.29, 1.82) is 0 Å². The summed E-state index contributed by atoms with van der Waals surface area (Å²) >= 11 is 6.04. The van der Waals surface area contributed by atoms with E-state index in [4.69, 9.17) is 16.4 Å². The van der Waals surface area contributed by atoms with Crippen LogP contribution in [0.2, 0.25) is 5.02 Å². The van der Waals surface area contributed by atoms with E-state index in [1.54, 1.807) is 5.06 Å². The Bertz CT molecular complexity index is 585. The van der Waals surface area contributed by atoms with Crippen LogP contribution >= 0.6 is 11.6 Å². The smallest absolute Gasteiger partial charge is 0.251 e. The molecule has 3 aliphatic heterocycles. The third-order valence-corrected chi connectivity index (χ3v) is 6.10. The van der Waals surface area contributed by atoms with Crippen LogP contribution in [0.5, 0.6) is 0 Å². The molecule has 0 N–H and O–H groups in total. The summed E-state index contributed by atoms with van der Waals surface area (Å²) in [6.07, 6.45) is 4.28. The van der Waals surface area contributed by atoms with Crippen LogP contribution < -0.4 is 0 Å². The molecule has 1 amide bonds. The lowest BCUT2D eigenvalue weighted by Crippen LogP contribution is -2.51. The van der Waals surface area contributed by atoms with Crippen molar-refractivity contribution >= 4 is 17.5 Å². The molecular formula is C18H23ClN2O2. The van der Waals surface area contributed by atoms with Gasteiger partial charge in [-0.2, -0.15) is 0 Å². The molecule has 1 aromatic rings. The molecule has 3 aliphatic rings. The van der Waals surface area contributed by atoms with E-state index in [1.807, 2.05) is 12.1 Å². The van der Waals surface area contributed by atoms with Crippen LogP contribution in [0.15, 0.2) is 24.3 Å². The first-order valence-electron chi connectivity index (χ1n) is 8.57. The Hall–Kier alpha value is -1.10. The number of hydroxylamine groups is 2. The van der Waals surface area contributed by atoms with E-state index in [0.29, 0.717) is 18.7 Å².